The number of hydrogen-bond acceptors (Lipinski definition) is 4. The van der Waals surface area contributed by atoms with Crippen molar-refractivity contribution in [2.45, 2.75) is 13.8 Å². The van der Waals surface area contributed by atoms with Crippen LogP contribution < -0.4 is 10.1 Å². The van der Waals surface area contributed by atoms with E-state index in [1.165, 1.54) is 11.3 Å². The maximum Gasteiger partial charge on any atom is 0.257 e. The van der Waals surface area contributed by atoms with Crippen LogP contribution in [-0.2, 0) is 0 Å². The Kier molecular flexibility index (Phi) is 4.50. The lowest BCUT2D eigenvalue weighted by molar-refractivity contribution is 0.102. The molecule has 1 N–H and O–H groups in total. The van der Waals surface area contributed by atoms with Crippen LogP contribution in [0.25, 0.3) is 10.2 Å². The van der Waals surface area contributed by atoms with E-state index < -0.39 is 0 Å². The zero-order chi connectivity index (χ0) is 16.4. The van der Waals surface area contributed by atoms with E-state index in [9.17, 15) is 4.79 Å². The fourth-order valence-electron chi connectivity index (χ4n) is 2.17. The summed E-state index contributed by atoms with van der Waals surface area (Å²) in [7, 11) is 0. The Morgan fingerprint density at radius 1 is 1.30 bits per heavy atom. The number of carbonyl (C=O) groups is 1. The molecule has 23 heavy (non-hydrogen) atoms. The molecule has 0 atom stereocenters. The predicted octanol–water partition coefficient (Wildman–Crippen LogP) is 4.91. The van der Waals surface area contributed by atoms with Crippen LogP contribution in [0.3, 0.4) is 0 Å². The van der Waals surface area contributed by atoms with Crippen molar-refractivity contribution < 1.29 is 9.53 Å². The summed E-state index contributed by atoms with van der Waals surface area (Å²) in [5.74, 6) is 0.326. The Morgan fingerprint density at radius 3 is 2.87 bits per heavy atom. The van der Waals surface area contributed by atoms with Gasteiger partial charge in [0.05, 0.1) is 21.8 Å². The van der Waals surface area contributed by atoms with Gasteiger partial charge in [-0.3, -0.25) is 10.1 Å². The van der Waals surface area contributed by atoms with E-state index in [-0.39, 0.29) is 5.91 Å². The van der Waals surface area contributed by atoms with Gasteiger partial charge < -0.3 is 4.74 Å². The molecular formula is C17H15ClN2O2S. The normalized spacial score (nSPS) is 10.7. The average molecular weight is 347 g/mol. The summed E-state index contributed by atoms with van der Waals surface area (Å²) in [6.45, 7) is 4.43. The van der Waals surface area contributed by atoms with Crippen molar-refractivity contribution in [1.29, 1.82) is 0 Å². The highest BCUT2D eigenvalue weighted by Gasteiger charge is 2.12. The van der Waals surface area contributed by atoms with E-state index in [1.807, 2.05) is 26.0 Å². The number of thiazole rings is 1. The summed E-state index contributed by atoms with van der Waals surface area (Å²) in [5.41, 5.74) is 2.51. The molecule has 118 valence electrons. The number of aromatic nitrogens is 1. The molecule has 0 saturated heterocycles. The molecular weight excluding hydrogens is 332 g/mol. The van der Waals surface area contributed by atoms with Crippen molar-refractivity contribution in [1.82, 2.24) is 4.98 Å². The van der Waals surface area contributed by atoms with E-state index in [4.69, 9.17) is 16.3 Å². The second-order valence-electron chi connectivity index (χ2n) is 5.02. The quantitative estimate of drug-likeness (QED) is 0.730. The monoisotopic (exact) mass is 346 g/mol. The number of hydrogen-bond donors (Lipinski definition) is 1. The van der Waals surface area contributed by atoms with Gasteiger partial charge in [0.2, 0.25) is 0 Å². The third-order valence-corrected chi connectivity index (χ3v) is 4.49. The first kappa shape index (κ1) is 15.8. The SMILES string of the molecule is CCOc1ccc(C(=O)Nc2nc3ccc(C)cc3s2)cc1Cl. The Hall–Kier alpha value is -2.11. The molecule has 0 unspecified atom stereocenters. The molecule has 0 spiro atoms. The molecule has 0 aliphatic carbocycles. The Bertz CT molecular complexity index is 876. The van der Waals surface area contributed by atoms with Crippen molar-refractivity contribution in [2.24, 2.45) is 0 Å². The van der Waals surface area contributed by atoms with Crippen LogP contribution in [-0.4, -0.2) is 17.5 Å². The van der Waals surface area contributed by atoms with Crippen molar-refractivity contribution in [3.8, 4) is 5.75 Å². The number of halogens is 1. The number of aryl methyl sites for hydroxylation is 1. The minimum atomic E-state index is -0.245. The van der Waals surface area contributed by atoms with E-state index in [0.717, 1.165) is 15.8 Å². The number of rotatable bonds is 4. The van der Waals surface area contributed by atoms with Gasteiger partial charge in [0, 0.05) is 5.56 Å². The first-order chi connectivity index (χ1) is 11.1. The lowest BCUT2D eigenvalue weighted by Gasteiger charge is -2.07. The lowest BCUT2D eigenvalue weighted by Crippen LogP contribution is -2.11. The van der Waals surface area contributed by atoms with Crippen LogP contribution in [0.1, 0.15) is 22.8 Å². The molecule has 1 heterocycles. The molecule has 1 amide bonds. The highest BCUT2D eigenvalue weighted by molar-refractivity contribution is 7.22. The molecule has 0 aliphatic heterocycles. The third-order valence-electron chi connectivity index (χ3n) is 3.26. The van der Waals surface area contributed by atoms with Crippen LogP contribution in [0.15, 0.2) is 36.4 Å². The van der Waals surface area contributed by atoms with Gasteiger partial charge in [-0.2, -0.15) is 0 Å². The van der Waals surface area contributed by atoms with Crippen molar-refractivity contribution in [3.63, 3.8) is 0 Å². The van der Waals surface area contributed by atoms with Gasteiger partial charge in [-0.15, -0.1) is 0 Å². The number of carbonyl (C=O) groups excluding carboxylic acids is 1. The summed E-state index contributed by atoms with van der Waals surface area (Å²) in [6, 6.07) is 11.0. The van der Waals surface area contributed by atoms with Crippen LogP contribution >= 0.6 is 22.9 Å². The number of nitrogens with one attached hydrogen (secondary N) is 1. The van der Waals surface area contributed by atoms with Gasteiger partial charge in [0.1, 0.15) is 5.75 Å². The molecule has 0 radical (unpaired) electrons. The molecule has 0 aliphatic rings. The van der Waals surface area contributed by atoms with E-state index in [1.54, 1.807) is 18.2 Å². The molecule has 4 nitrogen and oxygen atoms in total. The van der Waals surface area contributed by atoms with Gasteiger partial charge in [0.15, 0.2) is 5.13 Å². The van der Waals surface area contributed by atoms with Crippen LogP contribution in [0, 0.1) is 6.92 Å². The summed E-state index contributed by atoms with van der Waals surface area (Å²) in [4.78, 5) is 16.8. The summed E-state index contributed by atoms with van der Waals surface area (Å²) in [5, 5.41) is 3.80. The Morgan fingerprint density at radius 2 is 2.13 bits per heavy atom. The number of benzene rings is 2. The van der Waals surface area contributed by atoms with Gasteiger partial charge in [-0.25, -0.2) is 4.98 Å². The fraction of sp³-hybridized carbons (Fsp3) is 0.176. The maximum atomic E-state index is 12.3. The van der Waals surface area contributed by atoms with Gasteiger partial charge in [0.25, 0.3) is 5.91 Å². The molecule has 1 aromatic heterocycles. The van der Waals surface area contributed by atoms with Crippen molar-refractivity contribution >= 4 is 44.2 Å². The van der Waals surface area contributed by atoms with E-state index >= 15 is 0 Å². The maximum absolute atomic E-state index is 12.3. The number of amides is 1. The molecule has 3 rings (SSSR count). The molecule has 0 saturated carbocycles. The van der Waals surface area contributed by atoms with Gasteiger partial charge in [-0.05, 0) is 49.7 Å². The van der Waals surface area contributed by atoms with Crippen LogP contribution in [0.4, 0.5) is 5.13 Å². The minimum absolute atomic E-state index is 0.245. The standard InChI is InChI=1S/C17H15ClN2O2S/c1-3-22-14-7-5-11(9-12(14)18)16(21)20-17-19-13-6-4-10(2)8-15(13)23-17/h4-9H,3H2,1-2H3,(H,19,20,21). The van der Waals surface area contributed by atoms with Gasteiger partial charge in [-0.1, -0.05) is 29.0 Å². The average Bonchev–Trinajstić information content (AvgIpc) is 2.90. The highest BCUT2D eigenvalue weighted by Crippen LogP contribution is 2.28. The summed E-state index contributed by atoms with van der Waals surface area (Å²) < 4.78 is 6.41. The summed E-state index contributed by atoms with van der Waals surface area (Å²) in [6.07, 6.45) is 0. The topological polar surface area (TPSA) is 51.2 Å². The largest absolute Gasteiger partial charge is 0.492 e. The third kappa shape index (κ3) is 3.46. The molecule has 0 fully saturated rings. The van der Waals surface area contributed by atoms with Gasteiger partial charge >= 0.3 is 0 Å². The van der Waals surface area contributed by atoms with Crippen LogP contribution in [0.5, 0.6) is 5.75 Å². The zero-order valence-electron chi connectivity index (χ0n) is 12.7. The summed E-state index contributed by atoms with van der Waals surface area (Å²) >= 11 is 7.57. The molecule has 0 bridgehead atoms. The number of fused-ring (bicyclic) bond motifs is 1. The highest BCUT2D eigenvalue weighted by atomic mass is 35.5. The fourth-order valence-corrected chi connectivity index (χ4v) is 3.36. The molecule has 2 aromatic carbocycles. The van der Waals surface area contributed by atoms with Crippen LogP contribution in [0.2, 0.25) is 5.02 Å². The number of nitrogens with zero attached hydrogens (tertiary/aromatic N) is 1. The first-order valence-electron chi connectivity index (χ1n) is 7.17. The Labute approximate surface area is 143 Å². The van der Waals surface area contributed by atoms with E-state index in [0.29, 0.717) is 28.1 Å². The zero-order valence-corrected chi connectivity index (χ0v) is 14.3. The lowest BCUT2D eigenvalue weighted by atomic mass is 10.2. The smallest absolute Gasteiger partial charge is 0.257 e. The first-order valence-corrected chi connectivity index (χ1v) is 8.37. The van der Waals surface area contributed by atoms with E-state index in [2.05, 4.69) is 16.4 Å². The molecule has 3 aromatic rings. The minimum Gasteiger partial charge on any atom is -0.492 e. The van der Waals surface area contributed by atoms with Crippen molar-refractivity contribution in [3.05, 3.63) is 52.5 Å². The Balaban J connectivity index is 1.81. The second-order valence-corrected chi connectivity index (χ2v) is 6.46. The number of ether oxygens (including phenoxy) is 1. The molecule has 6 heteroatoms. The van der Waals surface area contributed by atoms with Crippen molar-refractivity contribution in [2.75, 3.05) is 11.9 Å². The number of anilines is 1. The predicted molar refractivity (Wildman–Crippen MR) is 94.9 cm³/mol. The second kappa shape index (κ2) is 6.56.